The Morgan fingerprint density at radius 2 is 1.70 bits per heavy atom. The Balaban J connectivity index is 2.55. The van der Waals surface area contributed by atoms with Gasteiger partial charge in [-0.15, -0.1) is 13.2 Å². The first-order chi connectivity index (χ1) is 9.40. The van der Waals surface area contributed by atoms with Crippen molar-refractivity contribution in [3.05, 3.63) is 53.8 Å². The van der Waals surface area contributed by atoms with Crippen molar-refractivity contribution in [1.82, 2.24) is 0 Å². The van der Waals surface area contributed by atoms with Crippen LogP contribution >= 0.6 is 0 Å². The van der Waals surface area contributed by atoms with Gasteiger partial charge in [0, 0.05) is 12.1 Å². The molecule has 0 unspecified atom stereocenters. The van der Waals surface area contributed by atoms with Gasteiger partial charge >= 0.3 is 6.36 Å². The lowest BCUT2D eigenvalue weighted by molar-refractivity contribution is -0.274. The van der Waals surface area contributed by atoms with Crippen LogP contribution in [-0.4, -0.2) is 6.36 Å². The molecule has 20 heavy (non-hydrogen) atoms. The van der Waals surface area contributed by atoms with E-state index in [1.54, 1.807) is 6.07 Å². The van der Waals surface area contributed by atoms with Gasteiger partial charge in [0.2, 0.25) is 0 Å². The molecule has 0 spiro atoms. The van der Waals surface area contributed by atoms with Crippen LogP contribution < -0.4 is 10.5 Å². The highest BCUT2D eigenvalue weighted by atomic mass is 19.4. The van der Waals surface area contributed by atoms with Gasteiger partial charge in [-0.2, -0.15) is 0 Å². The molecule has 0 fully saturated rings. The highest BCUT2D eigenvalue weighted by Gasteiger charge is 2.32. The molecule has 6 heteroatoms. The minimum Gasteiger partial charge on any atom is -0.405 e. The number of hydrogen-bond acceptors (Lipinski definition) is 2. The second-order valence-electron chi connectivity index (χ2n) is 4.05. The molecule has 0 atom stereocenters. The maximum atomic E-state index is 13.3. The summed E-state index contributed by atoms with van der Waals surface area (Å²) in [6.07, 6.45) is -4.81. The van der Waals surface area contributed by atoms with Crippen LogP contribution in [0.15, 0.2) is 42.5 Å². The van der Waals surface area contributed by atoms with E-state index < -0.39 is 12.2 Å². The minimum atomic E-state index is -4.81. The van der Waals surface area contributed by atoms with E-state index in [0.717, 1.165) is 6.07 Å². The zero-order valence-corrected chi connectivity index (χ0v) is 10.2. The van der Waals surface area contributed by atoms with Gasteiger partial charge in [-0.3, -0.25) is 0 Å². The van der Waals surface area contributed by atoms with Gasteiger partial charge in [0.25, 0.3) is 0 Å². The maximum Gasteiger partial charge on any atom is 0.573 e. The van der Waals surface area contributed by atoms with E-state index in [9.17, 15) is 17.6 Å². The molecule has 0 aliphatic rings. The summed E-state index contributed by atoms with van der Waals surface area (Å²) in [6, 6.07) is 9.34. The first-order valence-electron chi connectivity index (χ1n) is 5.74. The third-order valence-corrected chi connectivity index (χ3v) is 2.69. The van der Waals surface area contributed by atoms with E-state index >= 15 is 0 Å². The summed E-state index contributed by atoms with van der Waals surface area (Å²) in [7, 11) is 0. The lowest BCUT2D eigenvalue weighted by Crippen LogP contribution is -2.17. The lowest BCUT2D eigenvalue weighted by Gasteiger charge is -2.15. The maximum absolute atomic E-state index is 13.3. The van der Waals surface area contributed by atoms with E-state index in [-0.39, 0.29) is 23.4 Å². The third-order valence-electron chi connectivity index (χ3n) is 2.69. The van der Waals surface area contributed by atoms with Gasteiger partial charge in [-0.1, -0.05) is 24.3 Å². The van der Waals surface area contributed by atoms with Crippen molar-refractivity contribution in [2.75, 3.05) is 0 Å². The number of benzene rings is 2. The zero-order chi connectivity index (χ0) is 14.8. The molecular formula is C14H11F4NO. The predicted molar refractivity (Wildman–Crippen MR) is 66.4 cm³/mol. The molecule has 0 saturated carbocycles. The Bertz CT molecular complexity index is 610. The molecule has 0 aliphatic heterocycles. The number of nitrogens with two attached hydrogens (primary N) is 1. The fourth-order valence-electron chi connectivity index (χ4n) is 1.88. The molecule has 0 aromatic heterocycles. The normalized spacial score (nSPS) is 11.4. The molecule has 2 rings (SSSR count). The molecule has 0 amide bonds. The largest absolute Gasteiger partial charge is 0.573 e. The van der Waals surface area contributed by atoms with Crippen LogP contribution in [-0.2, 0) is 6.54 Å². The second-order valence-corrected chi connectivity index (χ2v) is 4.05. The zero-order valence-electron chi connectivity index (χ0n) is 10.2. The molecule has 2 N–H and O–H groups in total. The molecule has 0 heterocycles. The highest BCUT2D eigenvalue weighted by molar-refractivity contribution is 5.73. The molecule has 0 saturated heterocycles. The van der Waals surface area contributed by atoms with Gasteiger partial charge in [0.05, 0.1) is 0 Å². The molecule has 2 aromatic rings. The Hall–Kier alpha value is -2.08. The molecule has 0 aliphatic carbocycles. The first kappa shape index (κ1) is 14.3. The smallest absolute Gasteiger partial charge is 0.405 e. The van der Waals surface area contributed by atoms with Gasteiger partial charge in [-0.05, 0) is 29.3 Å². The van der Waals surface area contributed by atoms with Crippen molar-refractivity contribution in [3.8, 4) is 16.9 Å². The molecule has 106 valence electrons. The summed E-state index contributed by atoms with van der Waals surface area (Å²) in [5.74, 6) is -0.945. The average molecular weight is 285 g/mol. The van der Waals surface area contributed by atoms with Crippen LogP contribution in [0.4, 0.5) is 17.6 Å². The topological polar surface area (TPSA) is 35.2 Å². The summed E-state index contributed by atoms with van der Waals surface area (Å²) in [4.78, 5) is 0. The number of halogens is 4. The highest BCUT2D eigenvalue weighted by Crippen LogP contribution is 2.35. The van der Waals surface area contributed by atoms with Crippen LogP contribution in [0.2, 0.25) is 0 Å². The van der Waals surface area contributed by atoms with Crippen LogP contribution in [0.1, 0.15) is 5.56 Å². The molecule has 0 radical (unpaired) electrons. The molecule has 0 bridgehead atoms. The van der Waals surface area contributed by atoms with Crippen molar-refractivity contribution in [3.63, 3.8) is 0 Å². The van der Waals surface area contributed by atoms with E-state index in [1.807, 2.05) is 0 Å². The first-order valence-corrected chi connectivity index (χ1v) is 5.74. The summed E-state index contributed by atoms with van der Waals surface area (Å²) in [5.41, 5.74) is 6.49. The summed E-state index contributed by atoms with van der Waals surface area (Å²) >= 11 is 0. The Morgan fingerprint density at radius 1 is 1.00 bits per heavy atom. The molecule has 2 aromatic carbocycles. The number of rotatable bonds is 3. The SMILES string of the molecule is NCc1ccc(F)cc1-c1ccccc1OC(F)(F)F. The van der Waals surface area contributed by atoms with Crippen LogP contribution in [0, 0.1) is 5.82 Å². The van der Waals surface area contributed by atoms with Crippen LogP contribution in [0.5, 0.6) is 5.75 Å². The Labute approximate surface area is 112 Å². The van der Waals surface area contributed by atoms with Crippen molar-refractivity contribution < 1.29 is 22.3 Å². The van der Waals surface area contributed by atoms with Crippen molar-refractivity contribution in [1.29, 1.82) is 0 Å². The van der Waals surface area contributed by atoms with E-state index in [2.05, 4.69) is 4.74 Å². The number of para-hydroxylation sites is 1. The fourth-order valence-corrected chi connectivity index (χ4v) is 1.88. The van der Waals surface area contributed by atoms with Gasteiger partial charge < -0.3 is 10.5 Å². The Morgan fingerprint density at radius 3 is 2.35 bits per heavy atom. The predicted octanol–water partition coefficient (Wildman–Crippen LogP) is 3.85. The van der Waals surface area contributed by atoms with Crippen molar-refractivity contribution in [2.45, 2.75) is 12.9 Å². The van der Waals surface area contributed by atoms with E-state index in [1.165, 1.54) is 30.3 Å². The average Bonchev–Trinajstić information content (AvgIpc) is 2.37. The number of alkyl halides is 3. The second kappa shape index (κ2) is 5.50. The van der Waals surface area contributed by atoms with Gasteiger partial charge in [0.15, 0.2) is 0 Å². The number of hydrogen-bond donors (Lipinski definition) is 1. The van der Waals surface area contributed by atoms with Gasteiger partial charge in [0.1, 0.15) is 11.6 Å². The summed E-state index contributed by atoms with van der Waals surface area (Å²) in [5, 5.41) is 0. The van der Waals surface area contributed by atoms with E-state index in [4.69, 9.17) is 5.73 Å². The molecular weight excluding hydrogens is 274 g/mol. The van der Waals surface area contributed by atoms with Crippen molar-refractivity contribution >= 4 is 0 Å². The standard InChI is InChI=1S/C14H11F4NO/c15-10-6-5-9(8-19)12(7-10)11-3-1-2-4-13(11)20-14(16,17)18/h1-7H,8,19H2. The Kier molecular flexibility index (Phi) is 3.94. The van der Waals surface area contributed by atoms with Crippen molar-refractivity contribution in [2.24, 2.45) is 5.73 Å². The minimum absolute atomic E-state index is 0.0793. The van der Waals surface area contributed by atoms with E-state index in [0.29, 0.717) is 5.56 Å². The van der Waals surface area contributed by atoms with Crippen LogP contribution in [0.25, 0.3) is 11.1 Å². The summed E-state index contributed by atoms with van der Waals surface area (Å²) in [6.45, 7) is 0.0793. The monoisotopic (exact) mass is 285 g/mol. The summed E-state index contributed by atoms with van der Waals surface area (Å²) < 4.78 is 54.4. The number of ether oxygens (including phenoxy) is 1. The van der Waals surface area contributed by atoms with Crippen LogP contribution in [0.3, 0.4) is 0 Å². The lowest BCUT2D eigenvalue weighted by atomic mass is 9.98. The molecule has 2 nitrogen and oxygen atoms in total. The fraction of sp³-hybridized carbons (Fsp3) is 0.143. The quantitative estimate of drug-likeness (QED) is 0.869. The van der Waals surface area contributed by atoms with Gasteiger partial charge in [-0.25, -0.2) is 4.39 Å². The third kappa shape index (κ3) is 3.27.